The van der Waals surface area contributed by atoms with Crippen molar-refractivity contribution in [3.05, 3.63) is 59.5 Å². The number of rotatable bonds is 4. The van der Waals surface area contributed by atoms with Crippen LogP contribution in [0.5, 0.6) is 0 Å². The van der Waals surface area contributed by atoms with Gasteiger partial charge in [0.25, 0.3) is 5.91 Å². The zero-order chi connectivity index (χ0) is 18.0. The minimum absolute atomic E-state index is 0.211. The minimum Gasteiger partial charge on any atom is -0.612 e. The smallest absolute Gasteiger partial charge is 0.258 e. The summed E-state index contributed by atoms with van der Waals surface area (Å²) in [6.07, 6.45) is 4.98. The van der Waals surface area contributed by atoms with E-state index in [1.807, 2.05) is 12.1 Å². The number of benzene rings is 1. The third-order valence-corrected chi connectivity index (χ3v) is 6.01. The Hall–Kier alpha value is -1.93. The third-order valence-electron chi connectivity index (χ3n) is 3.52. The van der Waals surface area contributed by atoms with Gasteiger partial charge in [-0.1, -0.05) is 22.9 Å². The highest BCUT2D eigenvalue weighted by Crippen LogP contribution is 2.37. The van der Waals surface area contributed by atoms with E-state index >= 15 is 0 Å². The first-order chi connectivity index (χ1) is 12.0. The van der Waals surface area contributed by atoms with Crippen LogP contribution in [0.1, 0.15) is 10.4 Å². The van der Waals surface area contributed by atoms with Crippen LogP contribution in [0.3, 0.4) is 0 Å². The number of aromatic nitrogens is 2. The number of hydrogen-bond acceptors (Lipinski definition) is 5. The predicted octanol–water partition coefficient (Wildman–Crippen LogP) is 3.87. The molecule has 0 saturated carbocycles. The van der Waals surface area contributed by atoms with E-state index in [-0.39, 0.29) is 11.1 Å². The number of carbonyl (C=O) groups is 1. The Balaban J connectivity index is 1.86. The molecule has 0 aliphatic carbocycles. The molecule has 3 rings (SSSR count). The molecule has 1 aromatic carbocycles. The van der Waals surface area contributed by atoms with Gasteiger partial charge in [-0.05, 0) is 47.6 Å². The molecule has 0 radical (unpaired) electrons. The van der Waals surface area contributed by atoms with E-state index in [0.29, 0.717) is 20.5 Å². The molecule has 8 heteroatoms. The van der Waals surface area contributed by atoms with Crippen LogP contribution in [0.2, 0.25) is 5.15 Å². The highest BCUT2D eigenvalue weighted by molar-refractivity contribution is 7.90. The molecule has 0 aliphatic rings. The Bertz CT molecular complexity index is 883. The van der Waals surface area contributed by atoms with Gasteiger partial charge in [-0.25, -0.2) is 4.98 Å². The van der Waals surface area contributed by atoms with Crippen molar-refractivity contribution < 1.29 is 9.35 Å². The molecule has 1 unspecified atom stereocenters. The molecule has 0 fully saturated rings. The van der Waals surface area contributed by atoms with Gasteiger partial charge in [-0.3, -0.25) is 9.78 Å². The fraction of sp³-hybridized carbons (Fsp3) is 0.118. The fourth-order valence-electron chi connectivity index (χ4n) is 2.19. The van der Waals surface area contributed by atoms with Crippen molar-refractivity contribution in [2.75, 3.05) is 18.2 Å². The van der Waals surface area contributed by atoms with E-state index in [4.69, 9.17) is 11.6 Å². The second kappa shape index (κ2) is 7.53. The maximum atomic E-state index is 12.7. The summed E-state index contributed by atoms with van der Waals surface area (Å²) in [4.78, 5) is 23.2. The lowest BCUT2D eigenvalue weighted by Crippen LogP contribution is -2.25. The maximum absolute atomic E-state index is 12.7. The Kier molecular flexibility index (Phi) is 5.39. The van der Waals surface area contributed by atoms with E-state index in [0.717, 1.165) is 5.56 Å². The van der Waals surface area contributed by atoms with Crippen molar-refractivity contribution >= 4 is 45.0 Å². The molecule has 1 atom stereocenters. The van der Waals surface area contributed by atoms with Crippen molar-refractivity contribution in [1.29, 1.82) is 0 Å². The lowest BCUT2D eigenvalue weighted by molar-refractivity contribution is 0.0993. The van der Waals surface area contributed by atoms with Crippen LogP contribution in [0.15, 0.2) is 53.7 Å². The normalized spacial score (nSPS) is 12.0. The molecule has 0 N–H and O–H groups in total. The molecular formula is C17H14ClN3O2S2. The summed E-state index contributed by atoms with van der Waals surface area (Å²) in [7, 11) is 1.65. The number of pyridine rings is 1. The number of amides is 1. The van der Waals surface area contributed by atoms with Crippen molar-refractivity contribution in [1.82, 2.24) is 9.97 Å². The monoisotopic (exact) mass is 391 g/mol. The number of anilines is 1. The molecule has 1 amide bonds. The Morgan fingerprint density at radius 3 is 2.60 bits per heavy atom. The zero-order valence-electron chi connectivity index (χ0n) is 13.5. The average molecular weight is 392 g/mol. The van der Waals surface area contributed by atoms with Gasteiger partial charge < -0.3 is 9.45 Å². The molecule has 0 aliphatic heterocycles. The predicted molar refractivity (Wildman–Crippen MR) is 102 cm³/mol. The summed E-state index contributed by atoms with van der Waals surface area (Å²) in [5, 5.41) is 1.53. The summed E-state index contributed by atoms with van der Waals surface area (Å²) in [6, 6.07) is 10.4. The molecule has 3 aromatic rings. The van der Waals surface area contributed by atoms with Gasteiger partial charge in [0, 0.05) is 30.6 Å². The molecule has 2 heterocycles. The average Bonchev–Trinajstić information content (AvgIpc) is 3.03. The maximum Gasteiger partial charge on any atom is 0.258 e. The van der Waals surface area contributed by atoms with Crippen molar-refractivity contribution in [2.24, 2.45) is 0 Å². The summed E-state index contributed by atoms with van der Waals surface area (Å²) in [5.41, 5.74) is 1.33. The van der Waals surface area contributed by atoms with Crippen LogP contribution in [-0.4, -0.2) is 33.7 Å². The Labute approximate surface area is 157 Å². The summed E-state index contributed by atoms with van der Waals surface area (Å²) < 4.78 is 11.5. The molecule has 2 aromatic heterocycles. The van der Waals surface area contributed by atoms with Crippen LogP contribution in [0.25, 0.3) is 10.6 Å². The van der Waals surface area contributed by atoms with Gasteiger partial charge in [0.2, 0.25) is 0 Å². The van der Waals surface area contributed by atoms with E-state index in [9.17, 15) is 9.35 Å². The summed E-state index contributed by atoms with van der Waals surface area (Å²) in [6.45, 7) is 0. The van der Waals surface area contributed by atoms with E-state index < -0.39 is 11.2 Å². The van der Waals surface area contributed by atoms with Crippen molar-refractivity contribution in [2.45, 2.75) is 4.90 Å². The first-order valence-corrected chi connectivity index (χ1v) is 10.0. The zero-order valence-corrected chi connectivity index (χ0v) is 15.9. The Morgan fingerprint density at radius 1 is 1.28 bits per heavy atom. The summed E-state index contributed by atoms with van der Waals surface area (Å²) in [5.74, 6) is -0.211. The van der Waals surface area contributed by atoms with E-state index in [2.05, 4.69) is 9.97 Å². The standard InChI is InChI=1S/C17H14ClN3O2S2/c1-21(16(22)11-5-7-13(8-6-11)25(2)23)17-14(18)20-15(24-17)12-4-3-9-19-10-12/h3-10H,1-2H3. The molecule has 25 heavy (non-hydrogen) atoms. The van der Waals surface area contributed by atoms with Gasteiger partial charge in [0.05, 0.1) is 0 Å². The van der Waals surface area contributed by atoms with Gasteiger partial charge in [0.15, 0.2) is 10.0 Å². The molecule has 0 spiro atoms. The SMILES string of the molecule is CN(C(=O)c1ccc([S+](C)[O-])cc1)c1sc(-c2cccnc2)nc1Cl. The first kappa shape index (κ1) is 17.9. The quantitative estimate of drug-likeness (QED) is 0.633. The number of thiazole rings is 1. The number of carbonyl (C=O) groups excluding carboxylic acids is 1. The van der Waals surface area contributed by atoms with Crippen LogP contribution in [0, 0.1) is 0 Å². The molecule has 128 valence electrons. The highest BCUT2D eigenvalue weighted by atomic mass is 35.5. The fourth-order valence-corrected chi connectivity index (χ4v) is 3.99. The van der Waals surface area contributed by atoms with Gasteiger partial charge in [0.1, 0.15) is 16.3 Å². The van der Waals surface area contributed by atoms with Crippen LogP contribution < -0.4 is 4.90 Å². The van der Waals surface area contributed by atoms with E-state index in [1.165, 1.54) is 16.2 Å². The minimum atomic E-state index is -1.08. The van der Waals surface area contributed by atoms with E-state index in [1.54, 1.807) is 50.0 Å². The Morgan fingerprint density at radius 2 is 2.00 bits per heavy atom. The van der Waals surface area contributed by atoms with Gasteiger partial charge in [-0.15, -0.1) is 0 Å². The van der Waals surface area contributed by atoms with Crippen LogP contribution >= 0.6 is 22.9 Å². The van der Waals surface area contributed by atoms with Crippen molar-refractivity contribution in [3.8, 4) is 10.6 Å². The number of halogens is 1. The first-order valence-electron chi connectivity index (χ1n) is 7.25. The lowest BCUT2D eigenvalue weighted by Gasteiger charge is -2.15. The number of hydrogen-bond donors (Lipinski definition) is 0. The second-order valence-electron chi connectivity index (χ2n) is 5.20. The highest BCUT2D eigenvalue weighted by Gasteiger charge is 2.21. The second-order valence-corrected chi connectivity index (χ2v) is 7.91. The van der Waals surface area contributed by atoms with Gasteiger partial charge in [-0.2, -0.15) is 0 Å². The van der Waals surface area contributed by atoms with Crippen LogP contribution in [0.4, 0.5) is 5.00 Å². The largest absolute Gasteiger partial charge is 0.612 e. The third kappa shape index (κ3) is 3.85. The van der Waals surface area contributed by atoms with Crippen molar-refractivity contribution in [3.63, 3.8) is 0 Å². The molecule has 0 bridgehead atoms. The topological polar surface area (TPSA) is 69.2 Å². The molecule has 5 nitrogen and oxygen atoms in total. The molecular weight excluding hydrogens is 378 g/mol. The lowest BCUT2D eigenvalue weighted by atomic mass is 10.2. The number of nitrogens with zero attached hydrogens (tertiary/aromatic N) is 3. The molecule has 0 saturated heterocycles. The van der Waals surface area contributed by atoms with Gasteiger partial charge >= 0.3 is 0 Å². The van der Waals surface area contributed by atoms with Crippen LogP contribution in [-0.2, 0) is 11.2 Å². The summed E-state index contributed by atoms with van der Waals surface area (Å²) >= 11 is 6.48.